The predicted octanol–water partition coefficient (Wildman–Crippen LogP) is 2.56. The molecule has 1 fully saturated rings. The zero-order chi connectivity index (χ0) is 12.3. The van der Waals surface area contributed by atoms with Crippen molar-refractivity contribution < 1.29 is 9.50 Å². The molecule has 94 valence electrons. The zero-order valence-corrected chi connectivity index (χ0v) is 10.3. The summed E-state index contributed by atoms with van der Waals surface area (Å²) in [6.07, 6.45) is 2.65. The van der Waals surface area contributed by atoms with Crippen LogP contribution < -0.4 is 0 Å². The van der Waals surface area contributed by atoms with Crippen molar-refractivity contribution in [3.63, 3.8) is 0 Å². The van der Waals surface area contributed by atoms with E-state index >= 15 is 0 Å². The van der Waals surface area contributed by atoms with Crippen LogP contribution in [-0.2, 0) is 6.54 Å². The van der Waals surface area contributed by atoms with Gasteiger partial charge in [-0.25, -0.2) is 4.39 Å². The summed E-state index contributed by atoms with van der Waals surface area (Å²) in [5, 5.41) is 10.00. The first kappa shape index (κ1) is 12.5. The molecule has 1 atom stereocenters. The third-order valence-corrected chi connectivity index (χ3v) is 3.45. The maximum atomic E-state index is 13.1. The molecule has 1 aromatic carbocycles. The van der Waals surface area contributed by atoms with Gasteiger partial charge in [-0.2, -0.15) is 0 Å². The van der Waals surface area contributed by atoms with Crippen molar-refractivity contribution in [3.05, 3.63) is 35.6 Å². The quantitative estimate of drug-likeness (QED) is 0.854. The number of rotatable bonds is 2. The number of hydrogen-bond acceptors (Lipinski definition) is 2. The standard InChI is InChI=1S/C14H20FNO/c1-14(17)6-3-8-16(9-7-14)11-12-4-2-5-13(15)10-12/h2,4-5,10,17H,3,6-9,11H2,1H3. The first-order valence-electron chi connectivity index (χ1n) is 6.24. The molecule has 1 N–H and O–H groups in total. The van der Waals surface area contributed by atoms with E-state index in [9.17, 15) is 9.50 Å². The molecular formula is C14H20FNO. The van der Waals surface area contributed by atoms with E-state index in [0.29, 0.717) is 0 Å². The summed E-state index contributed by atoms with van der Waals surface area (Å²) in [5.74, 6) is -0.177. The molecule has 0 aromatic heterocycles. The van der Waals surface area contributed by atoms with Crippen LogP contribution in [0, 0.1) is 5.82 Å². The largest absolute Gasteiger partial charge is 0.390 e. The van der Waals surface area contributed by atoms with Gasteiger partial charge in [0.1, 0.15) is 5.82 Å². The molecule has 2 rings (SSSR count). The molecule has 1 heterocycles. The lowest BCUT2D eigenvalue weighted by molar-refractivity contribution is 0.0444. The minimum Gasteiger partial charge on any atom is -0.390 e. The number of nitrogens with zero attached hydrogens (tertiary/aromatic N) is 1. The van der Waals surface area contributed by atoms with Gasteiger partial charge >= 0.3 is 0 Å². The lowest BCUT2D eigenvalue weighted by Gasteiger charge is -2.22. The van der Waals surface area contributed by atoms with Crippen LogP contribution in [0.5, 0.6) is 0 Å². The van der Waals surface area contributed by atoms with Crippen molar-refractivity contribution in [2.24, 2.45) is 0 Å². The van der Waals surface area contributed by atoms with E-state index in [1.54, 1.807) is 12.1 Å². The minimum atomic E-state index is -0.531. The van der Waals surface area contributed by atoms with Crippen LogP contribution >= 0.6 is 0 Å². The molecule has 17 heavy (non-hydrogen) atoms. The molecule has 3 heteroatoms. The molecule has 0 aliphatic carbocycles. The number of hydrogen-bond donors (Lipinski definition) is 1. The van der Waals surface area contributed by atoms with Crippen LogP contribution in [-0.4, -0.2) is 28.7 Å². The second-order valence-electron chi connectivity index (χ2n) is 5.26. The van der Waals surface area contributed by atoms with E-state index in [1.165, 1.54) is 6.07 Å². The highest BCUT2D eigenvalue weighted by Crippen LogP contribution is 2.22. The summed E-state index contributed by atoms with van der Waals surface area (Å²) < 4.78 is 13.1. The molecule has 0 radical (unpaired) electrons. The molecule has 1 aliphatic rings. The fourth-order valence-corrected chi connectivity index (χ4v) is 2.37. The monoisotopic (exact) mass is 237 g/mol. The number of benzene rings is 1. The Morgan fingerprint density at radius 2 is 2.18 bits per heavy atom. The van der Waals surface area contributed by atoms with Gasteiger partial charge in [0.25, 0.3) is 0 Å². The Hall–Kier alpha value is -0.930. The van der Waals surface area contributed by atoms with Crippen LogP contribution in [0.4, 0.5) is 4.39 Å². The highest BCUT2D eigenvalue weighted by atomic mass is 19.1. The van der Waals surface area contributed by atoms with Gasteiger partial charge < -0.3 is 5.11 Å². The third kappa shape index (κ3) is 3.79. The van der Waals surface area contributed by atoms with Gasteiger partial charge in [0.2, 0.25) is 0 Å². The highest BCUT2D eigenvalue weighted by Gasteiger charge is 2.24. The maximum Gasteiger partial charge on any atom is 0.123 e. The lowest BCUT2D eigenvalue weighted by Crippen LogP contribution is -2.28. The Labute approximate surface area is 102 Å². The fourth-order valence-electron chi connectivity index (χ4n) is 2.37. The van der Waals surface area contributed by atoms with Crippen molar-refractivity contribution in [2.45, 2.75) is 38.3 Å². The van der Waals surface area contributed by atoms with Crippen molar-refractivity contribution in [3.8, 4) is 0 Å². The molecule has 1 aromatic rings. The van der Waals surface area contributed by atoms with Crippen LogP contribution in [0.25, 0.3) is 0 Å². The maximum absolute atomic E-state index is 13.1. The number of likely N-dealkylation sites (tertiary alicyclic amines) is 1. The van der Waals surface area contributed by atoms with E-state index < -0.39 is 5.60 Å². The molecule has 0 amide bonds. The Balaban J connectivity index is 1.95. The second kappa shape index (κ2) is 5.15. The predicted molar refractivity (Wildman–Crippen MR) is 66.2 cm³/mol. The van der Waals surface area contributed by atoms with Gasteiger partial charge in [0, 0.05) is 13.1 Å². The smallest absolute Gasteiger partial charge is 0.123 e. The highest BCUT2D eigenvalue weighted by molar-refractivity contribution is 5.16. The van der Waals surface area contributed by atoms with E-state index in [4.69, 9.17) is 0 Å². The molecule has 1 unspecified atom stereocenters. The SMILES string of the molecule is CC1(O)CCCN(Cc2cccc(F)c2)CC1. The van der Waals surface area contributed by atoms with Crippen molar-refractivity contribution in [1.82, 2.24) is 4.90 Å². The normalized spacial score (nSPS) is 26.8. The molecule has 1 saturated heterocycles. The summed E-state index contributed by atoms with van der Waals surface area (Å²) in [4.78, 5) is 2.29. The lowest BCUT2D eigenvalue weighted by atomic mass is 9.98. The summed E-state index contributed by atoms with van der Waals surface area (Å²) in [7, 11) is 0. The fraction of sp³-hybridized carbons (Fsp3) is 0.571. The summed E-state index contributed by atoms with van der Waals surface area (Å²) in [6, 6.07) is 6.75. The van der Waals surface area contributed by atoms with Gasteiger partial charge in [0.15, 0.2) is 0 Å². The van der Waals surface area contributed by atoms with E-state index in [-0.39, 0.29) is 5.82 Å². The van der Waals surface area contributed by atoms with Crippen LogP contribution in [0.15, 0.2) is 24.3 Å². The van der Waals surface area contributed by atoms with Crippen LogP contribution in [0.3, 0.4) is 0 Å². The molecule has 1 aliphatic heterocycles. The Bertz CT molecular complexity index is 378. The Morgan fingerprint density at radius 1 is 1.35 bits per heavy atom. The molecular weight excluding hydrogens is 217 g/mol. The number of halogens is 1. The Kier molecular flexibility index (Phi) is 3.79. The third-order valence-electron chi connectivity index (χ3n) is 3.45. The average molecular weight is 237 g/mol. The molecule has 0 saturated carbocycles. The zero-order valence-electron chi connectivity index (χ0n) is 10.3. The summed E-state index contributed by atoms with van der Waals surface area (Å²) in [5.41, 5.74) is 0.475. The van der Waals surface area contributed by atoms with E-state index in [2.05, 4.69) is 4.90 Å². The summed E-state index contributed by atoms with van der Waals surface area (Å²) in [6.45, 7) is 4.53. The molecule has 0 spiro atoms. The van der Waals surface area contributed by atoms with Gasteiger partial charge in [-0.3, -0.25) is 4.90 Å². The Morgan fingerprint density at radius 3 is 2.94 bits per heavy atom. The van der Waals surface area contributed by atoms with Gasteiger partial charge in [-0.1, -0.05) is 12.1 Å². The minimum absolute atomic E-state index is 0.177. The van der Waals surface area contributed by atoms with E-state index in [0.717, 1.165) is 44.5 Å². The summed E-state index contributed by atoms with van der Waals surface area (Å²) >= 11 is 0. The van der Waals surface area contributed by atoms with Gasteiger partial charge in [-0.05, 0) is 50.4 Å². The average Bonchev–Trinajstić information content (AvgIpc) is 2.41. The second-order valence-corrected chi connectivity index (χ2v) is 5.26. The van der Waals surface area contributed by atoms with Gasteiger partial charge in [0.05, 0.1) is 5.60 Å². The van der Waals surface area contributed by atoms with Crippen molar-refractivity contribution >= 4 is 0 Å². The number of aliphatic hydroxyl groups is 1. The van der Waals surface area contributed by atoms with Crippen LogP contribution in [0.1, 0.15) is 31.7 Å². The van der Waals surface area contributed by atoms with Crippen molar-refractivity contribution in [2.75, 3.05) is 13.1 Å². The topological polar surface area (TPSA) is 23.5 Å². The molecule has 2 nitrogen and oxygen atoms in total. The van der Waals surface area contributed by atoms with Gasteiger partial charge in [-0.15, -0.1) is 0 Å². The van der Waals surface area contributed by atoms with Crippen molar-refractivity contribution in [1.29, 1.82) is 0 Å². The molecule has 0 bridgehead atoms. The first-order valence-corrected chi connectivity index (χ1v) is 6.24. The van der Waals surface area contributed by atoms with Crippen LogP contribution in [0.2, 0.25) is 0 Å². The first-order chi connectivity index (χ1) is 8.05. The van der Waals surface area contributed by atoms with E-state index in [1.807, 2.05) is 13.0 Å².